The number of carbonyl (C=O) groups is 1. The van der Waals surface area contributed by atoms with Gasteiger partial charge in [-0.3, -0.25) is 0 Å². The maximum absolute atomic E-state index is 12.8. The van der Waals surface area contributed by atoms with E-state index >= 15 is 0 Å². The first kappa shape index (κ1) is 19.9. The molecular formula is C23H26N4O3. The molecule has 30 heavy (non-hydrogen) atoms. The molecule has 2 aromatic carbocycles. The third-order valence-electron chi connectivity index (χ3n) is 5.41. The molecule has 2 heterocycles. The van der Waals surface area contributed by atoms with Crippen molar-refractivity contribution in [3.05, 3.63) is 60.0 Å². The van der Waals surface area contributed by atoms with Crippen LogP contribution < -0.4 is 10.1 Å². The smallest absolute Gasteiger partial charge is 0.321 e. The summed E-state index contributed by atoms with van der Waals surface area (Å²) in [5.41, 5.74) is 2.85. The van der Waals surface area contributed by atoms with Gasteiger partial charge in [-0.15, -0.1) is 0 Å². The lowest BCUT2D eigenvalue weighted by Gasteiger charge is -2.31. The van der Waals surface area contributed by atoms with Crippen molar-refractivity contribution >= 4 is 11.7 Å². The number of methoxy groups -OCH3 is 1. The molecule has 2 amide bonds. The van der Waals surface area contributed by atoms with Crippen molar-refractivity contribution in [2.75, 3.05) is 25.5 Å². The quantitative estimate of drug-likeness (QED) is 0.663. The Labute approximate surface area is 176 Å². The number of likely N-dealkylation sites (tertiary alicyclic amines) is 1. The van der Waals surface area contributed by atoms with Gasteiger partial charge in [-0.2, -0.15) is 4.98 Å². The van der Waals surface area contributed by atoms with Crippen molar-refractivity contribution < 1.29 is 14.1 Å². The largest absolute Gasteiger partial charge is 0.497 e. The average Bonchev–Trinajstić information content (AvgIpc) is 3.30. The van der Waals surface area contributed by atoms with Gasteiger partial charge in [-0.25, -0.2) is 4.79 Å². The number of ether oxygens (including phenoxy) is 1. The van der Waals surface area contributed by atoms with Crippen molar-refractivity contribution in [3.63, 3.8) is 0 Å². The number of nitrogens with one attached hydrogen (secondary N) is 1. The molecule has 156 valence electrons. The van der Waals surface area contributed by atoms with Crippen LogP contribution in [-0.4, -0.2) is 41.3 Å². The van der Waals surface area contributed by atoms with E-state index in [1.165, 1.54) is 5.56 Å². The zero-order valence-electron chi connectivity index (χ0n) is 17.3. The number of benzene rings is 2. The molecule has 7 heteroatoms. The highest BCUT2D eigenvalue weighted by atomic mass is 16.5. The molecule has 1 aliphatic heterocycles. The summed E-state index contributed by atoms with van der Waals surface area (Å²) in [6.45, 7) is 3.37. The van der Waals surface area contributed by atoms with E-state index in [4.69, 9.17) is 9.26 Å². The Bertz CT molecular complexity index is 1020. The maximum Gasteiger partial charge on any atom is 0.321 e. The molecular weight excluding hydrogens is 380 g/mol. The molecule has 0 aliphatic carbocycles. The molecule has 0 saturated carbocycles. The van der Waals surface area contributed by atoms with Gasteiger partial charge >= 0.3 is 6.03 Å². The Hall–Kier alpha value is -3.35. The molecule has 0 spiro atoms. The first-order valence-electron chi connectivity index (χ1n) is 10.3. The molecule has 1 aromatic heterocycles. The van der Waals surface area contributed by atoms with E-state index in [-0.39, 0.29) is 11.9 Å². The number of hydrogen-bond donors (Lipinski definition) is 1. The number of amides is 2. The van der Waals surface area contributed by atoms with E-state index in [0.717, 1.165) is 36.3 Å². The first-order chi connectivity index (χ1) is 14.7. The molecule has 0 unspecified atom stereocenters. The van der Waals surface area contributed by atoms with Crippen LogP contribution in [0.4, 0.5) is 10.5 Å². The van der Waals surface area contributed by atoms with Crippen LogP contribution in [0.1, 0.15) is 37.1 Å². The summed E-state index contributed by atoms with van der Waals surface area (Å²) in [5, 5.41) is 7.14. The van der Waals surface area contributed by atoms with E-state index in [1.807, 2.05) is 47.4 Å². The van der Waals surface area contributed by atoms with Gasteiger partial charge in [0, 0.05) is 24.3 Å². The van der Waals surface area contributed by atoms with Crippen molar-refractivity contribution in [1.82, 2.24) is 15.0 Å². The monoisotopic (exact) mass is 406 g/mol. The number of piperidine rings is 1. The van der Waals surface area contributed by atoms with Gasteiger partial charge in [-0.05, 0) is 49.1 Å². The molecule has 1 saturated heterocycles. The lowest BCUT2D eigenvalue weighted by atomic mass is 9.98. The predicted octanol–water partition coefficient (Wildman–Crippen LogP) is 4.72. The molecule has 1 N–H and O–H groups in total. The Morgan fingerprint density at radius 2 is 2.13 bits per heavy atom. The number of carbonyl (C=O) groups excluding carboxylic acids is 1. The second-order valence-corrected chi connectivity index (χ2v) is 7.46. The summed E-state index contributed by atoms with van der Waals surface area (Å²) < 4.78 is 10.8. The minimum atomic E-state index is -0.0968. The fourth-order valence-electron chi connectivity index (χ4n) is 3.72. The second-order valence-electron chi connectivity index (χ2n) is 7.46. The Morgan fingerprint density at radius 3 is 2.97 bits per heavy atom. The van der Waals surface area contributed by atoms with Crippen LogP contribution in [0.2, 0.25) is 0 Å². The van der Waals surface area contributed by atoms with Crippen LogP contribution in [0.3, 0.4) is 0 Å². The first-order valence-corrected chi connectivity index (χ1v) is 10.3. The van der Waals surface area contributed by atoms with Gasteiger partial charge in [0.05, 0.1) is 13.0 Å². The summed E-state index contributed by atoms with van der Waals surface area (Å²) in [4.78, 5) is 19.2. The van der Waals surface area contributed by atoms with Gasteiger partial charge < -0.3 is 19.5 Å². The Kier molecular flexibility index (Phi) is 5.97. The molecule has 0 radical (unpaired) electrons. The van der Waals surface area contributed by atoms with Gasteiger partial charge in [0.25, 0.3) is 0 Å². The summed E-state index contributed by atoms with van der Waals surface area (Å²) in [6, 6.07) is 15.4. The van der Waals surface area contributed by atoms with Gasteiger partial charge in [0.15, 0.2) is 0 Å². The molecule has 1 aliphatic rings. The number of aromatic nitrogens is 2. The normalized spacial score (nSPS) is 16.3. The lowest BCUT2D eigenvalue weighted by Crippen LogP contribution is -2.41. The van der Waals surface area contributed by atoms with Crippen LogP contribution >= 0.6 is 0 Å². The van der Waals surface area contributed by atoms with E-state index in [0.29, 0.717) is 24.8 Å². The summed E-state index contributed by atoms with van der Waals surface area (Å²) in [6.07, 6.45) is 2.74. The fourth-order valence-corrected chi connectivity index (χ4v) is 3.72. The molecule has 1 fully saturated rings. The van der Waals surface area contributed by atoms with Crippen LogP contribution in [0.15, 0.2) is 53.1 Å². The minimum absolute atomic E-state index is 0.0262. The van der Waals surface area contributed by atoms with E-state index in [2.05, 4.69) is 28.4 Å². The Morgan fingerprint density at radius 1 is 1.27 bits per heavy atom. The van der Waals surface area contributed by atoms with E-state index < -0.39 is 0 Å². The topological polar surface area (TPSA) is 80.5 Å². The number of nitrogens with zero attached hydrogens (tertiary/aromatic N) is 3. The average molecular weight is 406 g/mol. The highest BCUT2D eigenvalue weighted by molar-refractivity contribution is 5.89. The predicted molar refractivity (Wildman–Crippen MR) is 115 cm³/mol. The molecule has 1 atom stereocenters. The molecule has 0 bridgehead atoms. The maximum atomic E-state index is 12.8. The molecule has 3 aromatic rings. The van der Waals surface area contributed by atoms with Gasteiger partial charge in [-0.1, -0.05) is 36.3 Å². The summed E-state index contributed by atoms with van der Waals surface area (Å²) in [7, 11) is 1.63. The van der Waals surface area contributed by atoms with Crippen LogP contribution in [-0.2, 0) is 6.42 Å². The fraction of sp³-hybridized carbons (Fsp3) is 0.348. The summed E-state index contributed by atoms with van der Waals surface area (Å²) >= 11 is 0. The standard InChI is InChI=1S/C23H26N4O3/c1-3-16-7-4-10-19(13-16)24-23(28)27-12-6-9-18(15-27)22-25-21(26-30-22)17-8-5-11-20(14-17)29-2/h4-5,7-8,10-11,13-14,18H,3,6,9,12,15H2,1-2H3,(H,24,28)/t18-/m1/s1. The van der Waals surface area contributed by atoms with E-state index in [1.54, 1.807) is 7.11 Å². The third-order valence-corrected chi connectivity index (χ3v) is 5.41. The summed E-state index contributed by atoms with van der Waals surface area (Å²) in [5.74, 6) is 1.87. The highest BCUT2D eigenvalue weighted by Crippen LogP contribution is 2.29. The van der Waals surface area contributed by atoms with Crippen LogP contribution in [0.25, 0.3) is 11.4 Å². The van der Waals surface area contributed by atoms with Gasteiger partial charge in [0.2, 0.25) is 11.7 Å². The molecule has 4 rings (SSSR count). The van der Waals surface area contributed by atoms with Gasteiger partial charge in [0.1, 0.15) is 5.75 Å². The number of hydrogen-bond acceptors (Lipinski definition) is 5. The van der Waals surface area contributed by atoms with Crippen LogP contribution in [0, 0.1) is 0 Å². The van der Waals surface area contributed by atoms with E-state index in [9.17, 15) is 4.79 Å². The number of anilines is 1. The zero-order valence-corrected chi connectivity index (χ0v) is 17.3. The minimum Gasteiger partial charge on any atom is -0.497 e. The number of rotatable bonds is 5. The highest BCUT2D eigenvalue weighted by Gasteiger charge is 2.29. The van der Waals surface area contributed by atoms with Crippen molar-refractivity contribution in [3.8, 4) is 17.1 Å². The Balaban J connectivity index is 1.43. The SMILES string of the molecule is CCc1cccc(NC(=O)N2CCC[C@@H](c3nc(-c4cccc(OC)c4)no3)C2)c1. The van der Waals surface area contributed by atoms with Crippen molar-refractivity contribution in [2.45, 2.75) is 32.1 Å². The molecule has 7 nitrogen and oxygen atoms in total. The third kappa shape index (κ3) is 4.45. The van der Waals surface area contributed by atoms with Crippen molar-refractivity contribution in [2.24, 2.45) is 0 Å². The van der Waals surface area contributed by atoms with Crippen LogP contribution in [0.5, 0.6) is 5.75 Å². The second kappa shape index (κ2) is 8.98. The number of urea groups is 1. The number of aryl methyl sites for hydroxylation is 1. The zero-order chi connectivity index (χ0) is 20.9. The van der Waals surface area contributed by atoms with Crippen molar-refractivity contribution in [1.29, 1.82) is 0 Å². The lowest BCUT2D eigenvalue weighted by molar-refractivity contribution is 0.184.